The van der Waals surface area contributed by atoms with Crippen LogP contribution in [0.15, 0.2) is 42.7 Å². The molecule has 1 aliphatic heterocycles. The van der Waals surface area contributed by atoms with E-state index in [1.165, 1.54) is 0 Å². The van der Waals surface area contributed by atoms with Crippen LogP contribution in [0.3, 0.4) is 0 Å². The molecular weight excluding hydrogens is 290 g/mol. The molecular formula is C14H11N3O3S. The van der Waals surface area contributed by atoms with Crippen molar-refractivity contribution in [1.29, 1.82) is 0 Å². The van der Waals surface area contributed by atoms with Gasteiger partial charge in [-0.05, 0) is 42.5 Å². The fraction of sp³-hybridized carbons (Fsp3) is 0.0714. The third kappa shape index (κ3) is 3.09. The Morgan fingerprint density at radius 2 is 2.10 bits per heavy atom. The Hall–Kier alpha value is -2.67. The molecule has 0 saturated carbocycles. The van der Waals surface area contributed by atoms with Crippen molar-refractivity contribution in [1.82, 2.24) is 10.3 Å². The minimum Gasteiger partial charge on any atom is -0.454 e. The monoisotopic (exact) mass is 301 g/mol. The number of thiocarbonyl (C=S) groups is 1. The van der Waals surface area contributed by atoms with Crippen LogP contribution in [0, 0.1) is 0 Å². The van der Waals surface area contributed by atoms with Crippen molar-refractivity contribution < 1.29 is 14.3 Å². The Bertz CT molecular complexity index is 691. The number of carbonyl (C=O) groups excluding carboxylic acids is 1. The number of amides is 1. The van der Waals surface area contributed by atoms with Crippen molar-refractivity contribution in [3.05, 3.63) is 48.3 Å². The molecule has 0 spiro atoms. The fourth-order valence-corrected chi connectivity index (χ4v) is 2.02. The van der Waals surface area contributed by atoms with Gasteiger partial charge in [-0.15, -0.1) is 0 Å². The van der Waals surface area contributed by atoms with Gasteiger partial charge in [0.15, 0.2) is 16.6 Å². The first-order chi connectivity index (χ1) is 10.2. The summed E-state index contributed by atoms with van der Waals surface area (Å²) in [6, 6.07) is 8.52. The number of ether oxygens (including phenoxy) is 2. The molecule has 0 atom stereocenters. The van der Waals surface area contributed by atoms with Crippen molar-refractivity contribution in [2.45, 2.75) is 0 Å². The first-order valence-electron chi connectivity index (χ1n) is 6.14. The van der Waals surface area contributed by atoms with E-state index in [2.05, 4.69) is 15.6 Å². The van der Waals surface area contributed by atoms with Gasteiger partial charge in [-0.25, -0.2) is 0 Å². The number of benzene rings is 1. The van der Waals surface area contributed by atoms with Crippen LogP contribution in [0.4, 0.5) is 5.69 Å². The minimum atomic E-state index is -0.324. The third-order valence-corrected chi connectivity index (χ3v) is 2.99. The van der Waals surface area contributed by atoms with Crippen LogP contribution in [-0.4, -0.2) is 22.8 Å². The van der Waals surface area contributed by atoms with E-state index in [4.69, 9.17) is 21.7 Å². The summed E-state index contributed by atoms with van der Waals surface area (Å²) in [5.74, 6) is 0.853. The molecule has 7 heteroatoms. The highest BCUT2D eigenvalue weighted by molar-refractivity contribution is 7.80. The number of hydrogen-bond acceptors (Lipinski definition) is 5. The maximum atomic E-state index is 12.1. The first-order valence-corrected chi connectivity index (χ1v) is 6.55. The van der Waals surface area contributed by atoms with Gasteiger partial charge in [0.05, 0.1) is 11.9 Å². The maximum Gasteiger partial charge on any atom is 0.257 e. The predicted octanol–water partition coefficient (Wildman–Crippen LogP) is 1.94. The number of fused-ring (bicyclic) bond motifs is 1. The van der Waals surface area contributed by atoms with Gasteiger partial charge in [0, 0.05) is 11.8 Å². The van der Waals surface area contributed by atoms with Gasteiger partial charge in [0.1, 0.15) is 0 Å². The number of anilines is 1. The molecule has 1 aromatic carbocycles. The Morgan fingerprint density at radius 1 is 1.24 bits per heavy atom. The highest BCUT2D eigenvalue weighted by Crippen LogP contribution is 2.32. The van der Waals surface area contributed by atoms with E-state index in [0.717, 1.165) is 0 Å². The number of pyridine rings is 1. The van der Waals surface area contributed by atoms with Crippen LogP contribution in [0.1, 0.15) is 10.4 Å². The summed E-state index contributed by atoms with van der Waals surface area (Å²) < 4.78 is 10.4. The SMILES string of the molecule is O=C(NC(=S)Nc1cccnc1)c1ccc2c(c1)OCO2. The predicted molar refractivity (Wildman–Crippen MR) is 80.5 cm³/mol. The summed E-state index contributed by atoms with van der Waals surface area (Å²) in [5.41, 5.74) is 1.14. The zero-order valence-electron chi connectivity index (χ0n) is 10.8. The quantitative estimate of drug-likeness (QED) is 0.826. The van der Waals surface area contributed by atoms with Crippen molar-refractivity contribution >= 4 is 28.9 Å². The second-order valence-corrected chi connectivity index (χ2v) is 4.63. The smallest absolute Gasteiger partial charge is 0.257 e. The van der Waals surface area contributed by atoms with E-state index in [1.54, 1.807) is 42.7 Å². The molecule has 0 fully saturated rings. The molecule has 0 radical (unpaired) electrons. The molecule has 1 aromatic heterocycles. The van der Waals surface area contributed by atoms with Crippen LogP contribution in [0.5, 0.6) is 11.5 Å². The largest absolute Gasteiger partial charge is 0.454 e. The van der Waals surface area contributed by atoms with E-state index in [-0.39, 0.29) is 17.8 Å². The van der Waals surface area contributed by atoms with Gasteiger partial charge >= 0.3 is 0 Å². The van der Waals surface area contributed by atoms with E-state index in [1.807, 2.05) is 0 Å². The molecule has 0 aliphatic carbocycles. The van der Waals surface area contributed by atoms with Crippen molar-refractivity contribution in [2.75, 3.05) is 12.1 Å². The maximum absolute atomic E-state index is 12.1. The van der Waals surface area contributed by atoms with Gasteiger partial charge in [-0.3, -0.25) is 15.1 Å². The molecule has 0 bridgehead atoms. The standard InChI is InChI=1S/C14H11N3O3S/c18-13(9-3-4-11-12(6-9)20-8-19-11)17-14(21)16-10-2-1-5-15-7-10/h1-7H,8H2,(H2,16,17,18,21). The number of carbonyl (C=O) groups is 1. The summed E-state index contributed by atoms with van der Waals surface area (Å²) >= 11 is 5.08. The van der Waals surface area contributed by atoms with E-state index in [9.17, 15) is 4.79 Å². The summed E-state index contributed by atoms with van der Waals surface area (Å²) in [4.78, 5) is 16.0. The lowest BCUT2D eigenvalue weighted by Gasteiger charge is -2.09. The molecule has 2 aromatic rings. The summed E-state index contributed by atoms with van der Waals surface area (Å²) in [7, 11) is 0. The first kappa shape index (κ1) is 13.3. The zero-order chi connectivity index (χ0) is 14.7. The number of aromatic nitrogens is 1. The molecule has 1 amide bonds. The number of nitrogens with one attached hydrogen (secondary N) is 2. The molecule has 106 valence electrons. The van der Waals surface area contributed by atoms with E-state index >= 15 is 0 Å². The molecule has 0 saturated heterocycles. The summed E-state index contributed by atoms with van der Waals surface area (Å²) in [6.07, 6.45) is 3.26. The van der Waals surface area contributed by atoms with Crippen LogP contribution in [0.2, 0.25) is 0 Å². The van der Waals surface area contributed by atoms with E-state index in [0.29, 0.717) is 22.7 Å². The lowest BCUT2D eigenvalue weighted by Crippen LogP contribution is -2.34. The van der Waals surface area contributed by atoms with Crippen LogP contribution >= 0.6 is 12.2 Å². The Kier molecular flexibility index (Phi) is 3.65. The second-order valence-electron chi connectivity index (χ2n) is 4.22. The molecule has 21 heavy (non-hydrogen) atoms. The van der Waals surface area contributed by atoms with Crippen molar-refractivity contribution in [2.24, 2.45) is 0 Å². The molecule has 2 heterocycles. The Balaban J connectivity index is 1.65. The van der Waals surface area contributed by atoms with Gasteiger partial charge in [-0.2, -0.15) is 0 Å². The number of hydrogen-bond donors (Lipinski definition) is 2. The minimum absolute atomic E-state index is 0.168. The molecule has 2 N–H and O–H groups in total. The Morgan fingerprint density at radius 3 is 2.90 bits per heavy atom. The topological polar surface area (TPSA) is 72.5 Å². The number of nitrogens with zero attached hydrogens (tertiary/aromatic N) is 1. The number of rotatable bonds is 2. The highest BCUT2D eigenvalue weighted by Gasteiger charge is 2.16. The molecule has 6 nitrogen and oxygen atoms in total. The second kappa shape index (κ2) is 5.76. The summed E-state index contributed by atoms with van der Waals surface area (Å²) in [5, 5.41) is 5.67. The third-order valence-electron chi connectivity index (χ3n) is 2.78. The van der Waals surface area contributed by atoms with Gasteiger partial charge < -0.3 is 14.8 Å². The normalized spacial score (nSPS) is 11.8. The molecule has 1 aliphatic rings. The van der Waals surface area contributed by atoms with Crippen LogP contribution in [-0.2, 0) is 0 Å². The van der Waals surface area contributed by atoms with Gasteiger partial charge in [0.2, 0.25) is 6.79 Å². The van der Waals surface area contributed by atoms with Crippen LogP contribution in [0.25, 0.3) is 0 Å². The molecule has 0 unspecified atom stereocenters. The van der Waals surface area contributed by atoms with Gasteiger partial charge in [0.25, 0.3) is 5.91 Å². The van der Waals surface area contributed by atoms with Gasteiger partial charge in [-0.1, -0.05) is 0 Å². The fourth-order valence-electron chi connectivity index (χ4n) is 1.81. The lowest BCUT2D eigenvalue weighted by molar-refractivity contribution is 0.0977. The van der Waals surface area contributed by atoms with Crippen molar-refractivity contribution in [3.8, 4) is 11.5 Å². The summed E-state index contributed by atoms with van der Waals surface area (Å²) in [6.45, 7) is 0.168. The zero-order valence-corrected chi connectivity index (χ0v) is 11.6. The lowest BCUT2D eigenvalue weighted by atomic mass is 10.2. The average molecular weight is 301 g/mol. The van der Waals surface area contributed by atoms with Crippen molar-refractivity contribution in [3.63, 3.8) is 0 Å². The highest BCUT2D eigenvalue weighted by atomic mass is 32.1. The Labute approximate surface area is 126 Å². The average Bonchev–Trinajstić information content (AvgIpc) is 2.95. The molecule has 3 rings (SSSR count). The van der Waals surface area contributed by atoms with E-state index < -0.39 is 0 Å². The van der Waals surface area contributed by atoms with Crippen LogP contribution < -0.4 is 20.1 Å².